The van der Waals surface area contributed by atoms with E-state index in [4.69, 9.17) is 4.42 Å². The highest BCUT2D eigenvalue weighted by molar-refractivity contribution is 6.13. The molecule has 2 nitrogen and oxygen atoms in total. The van der Waals surface area contributed by atoms with Crippen LogP contribution in [0.5, 0.6) is 0 Å². The minimum Gasteiger partial charge on any atom is -0.456 e. The molecule has 8 aromatic carbocycles. The average molecular weight is 666 g/mol. The first-order valence-electron chi connectivity index (χ1n) is 17.7. The number of nitrogens with zero attached hydrogens (tertiary/aromatic N) is 1. The molecule has 52 heavy (non-hydrogen) atoms. The fourth-order valence-corrected chi connectivity index (χ4v) is 7.35. The molecule has 1 heterocycles. The zero-order valence-electron chi connectivity index (χ0n) is 28.6. The van der Waals surface area contributed by atoms with Crippen molar-refractivity contribution in [3.8, 4) is 11.1 Å². The summed E-state index contributed by atoms with van der Waals surface area (Å²) < 4.78 is 6.33. The lowest BCUT2D eigenvalue weighted by Crippen LogP contribution is -2.10. The minimum atomic E-state index is 0.872. The molecule has 246 valence electrons. The Labute approximate surface area is 304 Å². The number of para-hydroxylation sites is 2. The summed E-state index contributed by atoms with van der Waals surface area (Å²) in [5, 5.41) is 2.20. The van der Waals surface area contributed by atoms with E-state index in [1.165, 1.54) is 27.8 Å². The van der Waals surface area contributed by atoms with Gasteiger partial charge < -0.3 is 9.32 Å². The van der Waals surface area contributed by atoms with E-state index in [1.54, 1.807) is 0 Å². The monoisotopic (exact) mass is 665 g/mol. The van der Waals surface area contributed by atoms with Crippen LogP contribution in [0.2, 0.25) is 0 Å². The smallest absolute Gasteiger partial charge is 0.137 e. The Morgan fingerprint density at radius 2 is 0.808 bits per heavy atom. The van der Waals surface area contributed by atoms with Crippen LogP contribution in [0.25, 0.3) is 44.2 Å². The third-order valence-corrected chi connectivity index (χ3v) is 9.66. The van der Waals surface area contributed by atoms with Crippen molar-refractivity contribution in [3.63, 3.8) is 0 Å². The average Bonchev–Trinajstić information content (AvgIpc) is 3.61. The van der Waals surface area contributed by atoms with E-state index >= 15 is 0 Å². The molecule has 0 aliphatic carbocycles. The number of furan rings is 1. The SMILES string of the molecule is c1ccc(C(=C(c2ccccc2)c2cccc(-c3cccc(N(c4ccccc4)c4cccc5oc6ccccc6c45)c3)c2)c2ccccc2)cc1. The van der Waals surface area contributed by atoms with Crippen LogP contribution >= 0.6 is 0 Å². The van der Waals surface area contributed by atoms with Crippen LogP contribution in [0.1, 0.15) is 22.3 Å². The standard InChI is InChI=1S/C50H35NO/c1-5-18-36(19-6-1)48(37-20-7-2-8-21-37)49(38-22-9-3-10-23-38)41-26-15-24-39(34-41)40-25-16-29-43(35-40)51(42-27-11-4-12-28-42)45-31-17-33-47-50(45)44-30-13-14-32-46(44)52-47/h1-35H. The fraction of sp³-hybridized carbons (Fsp3) is 0. The topological polar surface area (TPSA) is 16.4 Å². The van der Waals surface area contributed by atoms with Gasteiger partial charge in [0, 0.05) is 16.8 Å². The molecule has 0 bridgehead atoms. The van der Waals surface area contributed by atoms with E-state index in [2.05, 4.69) is 205 Å². The van der Waals surface area contributed by atoms with Gasteiger partial charge in [-0.1, -0.05) is 164 Å². The lowest BCUT2D eigenvalue weighted by atomic mass is 9.85. The zero-order valence-corrected chi connectivity index (χ0v) is 28.6. The summed E-state index contributed by atoms with van der Waals surface area (Å²) in [6.45, 7) is 0. The van der Waals surface area contributed by atoms with Crippen molar-refractivity contribution in [2.75, 3.05) is 4.90 Å². The predicted octanol–water partition coefficient (Wildman–Crippen LogP) is 13.7. The van der Waals surface area contributed by atoms with Gasteiger partial charge in [0.25, 0.3) is 0 Å². The molecule has 0 atom stereocenters. The Balaban J connectivity index is 1.23. The first kappa shape index (κ1) is 31.1. The van der Waals surface area contributed by atoms with E-state index < -0.39 is 0 Å². The Morgan fingerprint density at radius 3 is 1.46 bits per heavy atom. The third kappa shape index (κ3) is 5.87. The maximum atomic E-state index is 6.33. The lowest BCUT2D eigenvalue weighted by Gasteiger charge is -2.26. The number of rotatable bonds is 8. The Bertz CT molecular complexity index is 2620. The number of fused-ring (bicyclic) bond motifs is 3. The van der Waals surface area contributed by atoms with Crippen LogP contribution in [0.3, 0.4) is 0 Å². The third-order valence-electron chi connectivity index (χ3n) is 9.66. The van der Waals surface area contributed by atoms with E-state index in [-0.39, 0.29) is 0 Å². The van der Waals surface area contributed by atoms with E-state index in [0.717, 1.165) is 55.7 Å². The Kier molecular flexibility index (Phi) is 8.24. The number of hydrogen-bond donors (Lipinski definition) is 0. The van der Waals surface area contributed by atoms with Gasteiger partial charge in [-0.15, -0.1) is 0 Å². The fourth-order valence-electron chi connectivity index (χ4n) is 7.35. The van der Waals surface area contributed by atoms with E-state index in [9.17, 15) is 0 Å². The van der Waals surface area contributed by atoms with Gasteiger partial charge in [0.2, 0.25) is 0 Å². The number of hydrogen-bond acceptors (Lipinski definition) is 2. The van der Waals surface area contributed by atoms with Crippen molar-refractivity contribution in [1.29, 1.82) is 0 Å². The molecule has 0 spiro atoms. The van der Waals surface area contributed by atoms with Crippen molar-refractivity contribution in [2.45, 2.75) is 0 Å². The van der Waals surface area contributed by atoms with Gasteiger partial charge in [-0.3, -0.25) is 0 Å². The normalized spacial score (nSPS) is 11.1. The molecule has 0 radical (unpaired) electrons. The summed E-state index contributed by atoms with van der Waals surface area (Å²) in [4.78, 5) is 2.34. The lowest BCUT2D eigenvalue weighted by molar-refractivity contribution is 0.669. The van der Waals surface area contributed by atoms with Crippen molar-refractivity contribution in [3.05, 3.63) is 235 Å². The summed E-state index contributed by atoms with van der Waals surface area (Å²) in [5.74, 6) is 0. The molecule has 0 unspecified atom stereocenters. The second kappa shape index (κ2) is 13.8. The van der Waals surface area contributed by atoms with Gasteiger partial charge in [0.05, 0.1) is 11.1 Å². The summed E-state index contributed by atoms with van der Waals surface area (Å²) in [5.41, 5.74) is 14.4. The molecule has 0 saturated heterocycles. The highest BCUT2D eigenvalue weighted by Crippen LogP contribution is 2.44. The van der Waals surface area contributed by atoms with Gasteiger partial charge in [-0.05, 0) is 93.1 Å². The maximum absolute atomic E-state index is 6.33. The molecule has 9 rings (SSSR count). The largest absolute Gasteiger partial charge is 0.456 e. The number of anilines is 3. The van der Waals surface area contributed by atoms with Gasteiger partial charge >= 0.3 is 0 Å². The van der Waals surface area contributed by atoms with E-state index in [1.807, 2.05) is 12.1 Å². The van der Waals surface area contributed by atoms with Crippen LogP contribution in [0.4, 0.5) is 17.1 Å². The highest BCUT2D eigenvalue weighted by atomic mass is 16.3. The van der Waals surface area contributed by atoms with Crippen LogP contribution in [0, 0.1) is 0 Å². The molecule has 0 aliphatic rings. The van der Waals surface area contributed by atoms with Crippen molar-refractivity contribution >= 4 is 50.1 Å². The molecular weight excluding hydrogens is 631 g/mol. The minimum absolute atomic E-state index is 0.872. The van der Waals surface area contributed by atoms with Crippen LogP contribution in [-0.4, -0.2) is 0 Å². The molecule has 0 fully saturated rings. The number of benzene rings is 8. The summed E-state index contributed by atoms with van der Waals surface area (Å²) in [7, 11) is 0. The molecular formula is C50H35NO. The summed E-state index contributed by atoms with van der Waals surface area (Å²) in [6.07, 6.45) is 0. The Hall–Kier alpha value is -6.90. The van der Waals surface area contributed by atoms with E-state index in [0.29, 0.717) is 0 Å². The molecule has 0 N–H and O–H groups in total. The maximum Gasteiger partial charge on any atom is 0.137 e. The predicted molar refractivity (Wildman–Crippen MR) is 218 cm³/mol. The van der Waals surface area contributed by atoms with Crippen LogP contribution < -0.4 is 4.90 Å². The summed E-state index contributed by atoms with van der Waals surface area (Å²) >= 11 is 0. The molecule has 2 heteroatoms. The molecule has 0 saturated carbocycles. The quantitative estimate of drug-likeness (QED) is 0.150. The summed E-state index contributed by atoms with van der Waals surface area (Å²) in [6, 6.07) is 75.3. The Morgan fingerprint density at radius 1 is 0.346 bits per heavy atom. The van der Waals surface area contributed by atoms with Crippen molar-refractivity contribution in [1.82, 2.24) is 0 Å². The van der Waals surface area contributed by atoms with Gasteiger partial charge in [-0.25, -0.2) is 0 Å². The molecule has 9 aromatic rings. The highest BCUT2D eigenvalue weighted by Gasteiger charge is 2.20. The zero-order chi connectivity index (χ0) is 34.7. The van der Waals surface area contributed by atoms with Gasteiger partial charge in [0.1, 0.15) is 11.2 Å². The van der Waals surface area contributed by atoms with Crippen LogP contribution in [-0.2, 0) is 0 Å². The molecule has 1 aromatic heterocycles. The van der Waals surface area contributed by atoms with Crippen molar-refractivity contribution in [2.24, 2.45) is 0 Å². The van der Waals surface area contributed by atoms with Crippen molar-refractivity contribution < 1.29 is 4.42 Å². The van der Waals surface area contributed by atoms with Gasteiger partial charge in [0.15, 0.2) is 0 Å². The van der Waals surface area contributed by atoms with Gasteiger partial charge in [-0.2, -0.15) is 0 Å². The first-order valence-corrected chi connectivity index (χ1v) is 17.7. The molecule has 0 amide bonds. The first-order chi connectivity index (χ1) is 25.8. The molecule has 0 aliphatic heterocycles. The van der Waals surface area contributed by atoms with Crippen LogP contribution in [0.15, 0.2) is 217 Å². The second-order valence-electron chi connectivity index (χ2n) is 12.9. The second-order valence-corrected chi connectivity index (χ2v) is 12.9.